The molecule has 2 fully saturated rings. The molecule has 96 valence electrons. The molecule has 1 aromatic heterocycles. The van der Waals surface area contributed by atoms with Crippen molar-refractivity contribution >= 4 is 11.8 Å². The molecule has 0 bridgehead atoms. The van der Waals surface area contributed by atoms with E-state index in [1.807, 2.05) is 18.3 Å². The fourth-order valence-electron chi connectivity index (χ4n) is 3.15. The fraction of sp³-hybridized carbons (Fsp3) is 0.538. The number of anilines is 1. The number of aromatic nitrogens is 1. The summed E-state index contributed by atoms with van der Waals surface area (Å²) in [7, 11) is 0. The van der Waals surface area contributed by atoms with Crippen molar-refractivity contribution in [1.29, 1.82) is 0 Å². The average molecular weight is 247 g/mol. The molecule has 2 unspecified atom stereocenters. The number of likely N-dealkylation sites (tertiary alicyclic amines) is 1. The molecule has 1 aromatic rings. The highest BCUT2D eigenvalue weighted by Gasteiger charge is 2.40. The van der Waals surface area contributed by atoms with Crippen molar-refractivity contribution in [1.82, 2.24) is 9.88 Å². The van der Waals surface area contributed by atoms with Gasteiger partial charge in [0.15, 0.2) is 0 Å². The number of carboxylic acid groups (broad SMARTS) is 1. The zero-order valence-electron chi connectivity index (χ0n) is 10.2. The third kappa shape index (κ3) is 1.89. The molecule has 0 aliphatic carbocycles. The predicted octanol–water partition coefficient (Wildman–Crippen LogP) is 1.66. The third-order valence-electron chi connectivity index (χ3n) is 4.12. The average Bonchev–Trinajstić information content (AvgIpc) is 2.82. The van der Waals surface area contributed by atoms with Gasteiger partial charge in [-0.3, -0.25) is 4.98 Å². The number of fused-ring (bicyclic) bond motifs is 1. The molecular formula is C13H17N3O2. The molecule has 2 saturated heterocycles. The van der Waals surface area contributed by atoms with Gasteiger partial charge in [-0.05, 0) is 30.9 Å². The largest absolute Gasteiger partial charge is 0.465 e. The quantitative estimate of drug-likeness (QED) is 0.820. The molecule has 0 spiro atoms. The monoisotopic (exact) mass is 247 g/mol. The van der Waals surface area contributed by atoms with Crippen LogP contribution in [0.5, 0.6) is 0 Å². The molecule has 2 aliphatic heterocycles. The maximum atomic E-state index is 11.2. The van der Waals surface area contributed by atoms with E-state index in [0.717, 1.165) is 31.6 Å². The van der Waals surface area contributed by atoms with Crippen molar-refractivity contribution in [3.05, 3.63) is 24.5 Å². The lowest BCUT2D eigenvalue weighted by Crippen LogP contribution is -2.49. The van der Waals surface area contributed by atoms with Gasteiger partial charge < -0.3 is 14.9 Å². The van der Waals surface area contributed by atoms with Gasteiger partial charge in [0.2, 0.25) is 0 Å². The van der Waals surface area contributed by atoms with E-state index in [2.05, 4.69) is 9.88 Å². The van der Waals surface area contributed by atoms with Crippen molar-refractivity contribution < 1.29 is 9.90 Å². The summed E-state index contributed by atoms with van der Waals surface area (Å²) in [5.74, 6) is 0.536. The van der Waals surface area contributed by atoms with E-state index >= 15 is 0 Å². The van der Waals surface area contributed by atoms with Crippen LogP contribution >= 0.6 is 0 Å². The Labute approximate surface area is 106 Å². The molecular weight excluding hydrogens is 230 g/mol. The molecule has 1 amide bonds. The first-order valence-corrected chi connectivity index (χ1v) is 6.40. The summed E-state index contributed by atoms with van der Waals surface area (Å²) in [6, 6.07) is 4.11. The Kier molecular flexibility index (Phi) is 2.81. The van der Waals surface area contributed by atoms with Crippen LogP contribution in [0.2, 0.25) is 0 Å². The Balaban J connectivity index is 1.77. The van der Waals surface area contributed by atoms with Crippen LogP contribution in [0.4, 0.5) is 10.5 Å². The van der Waals surface area contributed by atoms with Crippen molar-refractivity contribution in [3.8, 4) is 0 Å². The number of rotatable bonds is 1. The Morgan fingerprint density at radius 1 is 1.39 bits per heavy atom. The van der Waals surface area contributed by atoms with Crippen LogP contribution in [-0.2, 0) is 0 Å². The van der Waals surface area contributed by atoms with Crippen LogP contribution in [0.3, 0.4) is 0 Å². The molecule has 3 rings (SSSR count). The van der Waals surface area contributed by atoms with Gasteiger partial charge in [0.1, 0.15) is 0 Å². The summed E-state index contributed by atoms with van der Waals surface area (Å²) in [6.45, 7) is 2.48. The smallest absolute Gasteiger partial charge is 0.407 e. The van der Waals surface area contributed by atoms with Crippen molar-refractivity contribution in [3.63, 3.8) is 0 Å². The zero-order valence-corrected chi connectivity index (χ0v) is 10.2. The van der Waals surface area contributed by atoms with Gasteiger partial charge in [-0.25, -0.2) is 4.79 Å². The Morgan fingerprint density at radius 3 is 2.94 bits per heavy atom. The number of nitrogens with zero attached hydrogens (tertiary/aromatic N) is 3. The summed E-state index contributed by atoms with van der Waals surface area (Å²) in [5, 5.41) is 9.20. The Hall–Kier alpha value is -1.78. The van der Waals surface area contributed by atoms with E-state index < -0.39 is 6.09 Å². The first-order chi connectivity index (χ1) is 8.75. The molecule has 2 atom stereocenters. The highest BCUT2D eigenvalue weighted by molar-refractivity contribution is 5.66. The van der Waals surface area contributed by atoms with Crippen molar-refractivity contribution in [2.75, 3.05) is 24.5 Å². The Bertz CT molecular complexity index is 437. The van der Waals surface area contributed by atoms with E-state index in [0.29, 0.717) is 12.5 Å². The van der Waals surface area contributed by atoms with E-state index in [1.165, 1.54) is 0 Å². The molecule has 0 saturated carbocycles. The van der Waals surface area contributed by atoms with Crippen molar-refractivity contribution in [2.45, 2.75) is 18.9 Å². The maximum absolute atomic E-state index is 11.2. The number of hydrogen-bond donors (Lipinski definition) is 1. The lowest BCUT2D eigenvalue weighted by atomic mass is 9.92. The van der Waals surface area contributed by atoms with Gasteiger partial charge >= 0.3 is 6.09 Å². The van der Waals surface area contributed by atoms with E-state index in [-0.39, 0.29) is 6.04 Å². The summed E-state index contributed by atoms with van der Waals surface area (Å²) < 4.78 is 0. The van der Waals surface area contributed by atoms with Crippen LogP contribution < -0.4 is 4.90 Å². The van der Waals surface area contributed by atoms with Crippen LogP contribution in [-0.4, -0.2) is 46.8 Å². The first-order valence-electron chi connectivity index (χ1n) is 6.40. The lowest BCUT2D eigenvalue weighted by Gasteiger charge is -2.38. The minimum atomic E-state index is -0.782. The van der Waals surface area contributed by atoms with Crippen LogP contribution in [0.25, 0.3) is 0 Å². The number of carbonyl (C=O) groups is 1. The second kappa shape index (κ2) is 4.48. The summed E-state index contributed by atoms with van der Waals surface area (Å²) in [6.07, 6.45) is 4.91. The molecule has 0 aromatic carbocycles. The maximum Gasteiger partial charge on any atom is 0.407 e. The van der Waals surface area contributed by atoms with E-state index in [4.69, 9.17) is 0 Å². The van der Waals surface area contributed by atoms with Crippen molar-refractivity contribution in [2.24, 2.45) is 5.92 Å². The minimum Gasteiger partial charge on any atom is -0.465 e. The fourth-order valence-corrected chi connectivity index (χ4v) is 3.15. The molecule has 5 nitrogen and oxygen atoms in total. The van der Waals surface area contributed by atoms with Gasteiger partial charge in [-0.1, -0.05) is 0 Å². The van der Waals surface area contributed by atoms with Gasteiger partial charge in [0.05, 0.1) is 17.9 Å². The van der Waals surface area contributed by atoms with E-state index in [1.54, 1.807) is 11.1 Å². The molecule has 1 N–H and O–H groups in total. The summed E-state index contributed by atoms with van der Waals surface area (Å²) >= 11 is 0. The molecule has 0 radical (unpaired) electrons. The number of piperidine rings is 1. The summed E-state index contributed by atoms with van der Waals surface area (Å²) in [4.78, 5) is 19.2. The normalized spacial score (nSPS) is 27.1. The van der Waals surface area contributed by atoms with Gasteiger partial charge in [0, 0.05) is 25.8 Å². The third-order valence-corrected chi connectivity index (χ3v) is 4.12. The molecule has 18 heavy (non-hydrogen) atoms. The number of amides is 1. The van der Waals surface area contributed by atoms with E-state index in [9.17, 15) is 9.90 Å². The zero-order chi connectivity index (χ0) is 12.5. The molecule has 3 heterocycles. The Morgan fingerprint density at radius 2 is 2.22 bits per heavy atom. The second-order valence-corrected chi connectivity index (χ2v) is 5.04. The number of hydrogen-bond acceptors (Lipinski definition) is 3. The highest BCUT2D eigenvalue weighted by atomic mass is 16.4. The lowest BCUT2D eigenvalue weighted by molar-refractivity contribution is 0.131. The number of pyridine rings is 1. The molecule has 5 heteroatoms. The van der Waals surface area contributed by atoms with Crippen LogP contribution in [0.1, 0.15) is 12.8 Å². The van der Waals surface area contributed by atoms with Crippen LogP contribution in [0.15, 0.2) is 24.5 Å². The first kappa shape index (κ1) is 11.3. The SMILES string of the molecule is O=C(O)N1CCC2CCN(c3cccnc3)CC21. The van der Waals surface area contributed by atoms with Gasteiger partial charge in [0.25, 0.3) is 0 Å². The second-order valence-electron chi connectivity index (χ2n) is 5.04. The topological polar surface area (TPSA) is 56.7 Å². The van der Waals surface area contributed by atoms with Gasteiger partial charge in [-0.15, -0.1) is 0 Å². The van der Waals surface area contributed by atoms with Crippen LogP contribution in [0, 0.1) is 5.92 Å². The minimum absolute atomic E-state index is 0.149. The standard InChI is InChI=1S/C13H17N3O2/c17-13(18)16-7-4-10-3-6-15(9-12(10)16)11-2-1-5-14-8-11/h1-2,5,8,10,12H,3-4,6-7,9H2,(H,17,18). The highest BCUT2D eigenvalue weighted by Crippen LogP contribution is 2.33. The molecule has 2 aliphatic rings. The predicted molar refractivity (Wildman–Crippen MR) is 67.7 cm³/mol. The summed E-state index contributed by atoms with van der Waals surface area (Å²) in [5.41, 5.74) is 1.09. The van der Waals surface area contributed by atoms with Gasteiger partial charge in [-0.2, -0.15) is 0 Å².